The van der Waals surface area contributed by atoms with Crippen LogP contribution in [0.5, 0.6) is 0 Å². The summed E-state index contributed by atoms with van der Waals surface area (Å²) in [4.78, 5) is 42.3. The van der Waals surface area contributed by atoms with Crippen LogP contribution in [0.2, 0.25) is 0 Å². The Morgan fingerprint density at radius 2 is 1.82 bits per heavy atom. The monoisotopic (exact) mass is 545 g/mol. The number of ketones is 1. The number of hydrogen-bond acceptors (Lipinski definition) is 12. The molecule has 0 spiro atoms. The van der Waals surface area contributed by atoms with Gasteiger partial charge in [0.15, 0.2) is 24.3 Å². The second-order valence-corrected chi connectivity index (χ2v) is 11.7. The molecule has 0 radical (unpaired) electrons. The van der Waals surface area contributed by atoms with Gasteiger partial charge in [0, 0.05) is 6.07 Å². The summed E-state index contributed by atoms with van der Waals surface area (Å²) in [5.41, 5.74) is 5.38. The van der Waals surface area contributed by atoms with Gasteiger partial charge in [0.25, 0.3) is 5.91 Å². The molecule has 3 heterocycles. The van der Waals surface area contributed by atoms with E-state index in [1.165, 1.54) is 29.1 Å². The number of Topliss-reactive ketones (excluding diaryl/α,β-unsaturated/α-hetero) is 1. The van der Waals surface area contributed by atoms with E-state index in [4.69, 9.17) is 10.5 Å². The summed E-state index contributed by atoms with van der Waals surface area (Å²) in [6, 6.07) is 2.95. The molecule has 15 nitrogen and oxygen atoms in total. The lowest BCUT2D eigenvalue weighted by Gasteiger charge is -2.19. The minimum absolute atomic E-state index is 0.149. The van der Waals surface area contributed by atoms with Crippen LogP contribution in [0.3, 0.4) is 0 Å². The lowest BCUT2D eigenvalue weighted by Crippen LogP contribution is -2.45. The van der Waals surface area contributed by atoms with Crippen molar-refractivity contribution >= 4 is 39.1 Å². The van der Waals surface area contributed by atoms with E-state index in [1.54, 1.807) is 0 Å². The minimum atomic E-state index is -5.20. The largest absolute Gasteiger partial charge is 0.481 e. The molecule has 2 unspecified atom stereocenters. The summed E-state index contributed by atoms with van der Waals surface area (Å²) in [5, 5.41) is 28.1. The predicted molar refractivity (Wildman–Crippen MR) is 111 cm³/mol. The van der Waals surface area contributed by atoms with Crippen LogP contribution in [-0.2, 0) is 32.0 Å². The molecule has 0 aliphatic carbocycles. The highest BCUT2D eigenvalue weighted by atomic mass is 32.2. The lowest BCUT2D eigenvalue weighted by molar-refractivity contribution is -0.706. The fourth-order valence-electron chi connectivity index (χ4n) is 3.13. The van der Waals surface area contributed by atoms with Gasteiger partial charge in [-0.3, -0.25) is 18.6 Å². The number of aliphatic hydroxyl groups excluding tert-OH is 3. The van der Waals surface area contributed by atoms with E-state index in [0.717, 1.165) is 11.8 Å². The van der Waals surface area contributed by atoms with E-state index < -0.39 is 75.6 Å². The zero-order valence-electron chi connectivity index (χ0n) is 17.2. The van der Waals surface area contributed by atoms with Gasteiger partial charge in [0.2, 0.25) is 5.37 Å². The molecule has 0 bridgehead atoms. The summed E-state index contributed by atoms with van der Waals surface area (Å²) in [5.74, 6) is -1.50. The molecule has 18 heteroatoms. The maximum absolute atomic E-state index is 12.1. The topological polar surface area (TPSA) is 236 Å². The second-order valence-electron chi connectivity index (χ2n) is 7.30. The van der Waals surface area contributed by atoms with E-state index >= 15 is 0 Å². The fraction of sp³-hybridized carbons (Fsp3) is 0.562. The van der Waals surface area contributed by atoms with Crippen LogP contribution in [0.4, 0.5) is 0 Å². The number of hydrogen-bond donors (Lipinski definition) is 6. The van der Waals surface area contributed by atoms with Crippen molar-refractivity contribution in [3.8, 4) is 0 Å². The van der Waals surface area contributed by atoms with Crippen LogP contribution in [-0.4, -0.2) is 86.3 Å². The van der Waals surface area contributed by atoms with Crippen LogP contribution < -0.4 is 10.3 Å². The average Bonchev–Trinajstić information content (AvgIpc) is 3.23. The molecule has 34 heavy (non-hydrogen) atoms. The molecular formula is C16H23N2O13P2S+. The number of ether oxygens (including phenoxy) is 1. The summed E-state index contributed by atoms with van der Waals surface area (Å²) in [6.45, 7) is -1.83. The van der Waals surface area contributed by atoms with Gasteiger partial charge >= 0.3 is 15.6 Å². The van der Waals surface area contributed by atoms with Gasteiger partial charge < -0.3 is 35.6 Å². The van der Waals surface area contributed by atoms with Crippen molar-refractivity contribution in [3.63, 3.8) is 0 Å². The van der Waals surface area contributed by atoms with E-state index in [-0.39, 0.29) is 12.2 Å². The number of carbonyl (C=O) groups is 2. The number of nitrogens with two attached hydrogens (primary N) is 1. The van der Waals surface area contributed by atoms with Crippen LogP contribution >= 0.6 is 27.4 Å². The van der Waals surface area contributed by atoms with E-state index in [2.05, 4.69) is 13.4 Å². The Balaban J connectivity index is 1.55. The molecule has 1 aromatic heterocycles. The van der Waals surface area contributed by atoms with Crippen LogP contribution in [0, 0.1) is 0 Å². The van der Waals surface area contributed by atoms with Crippen molar-refractivity contribution in [3.05, 3.63) is 30.1 Å². The van der Waals surface area contributed by atoms with Crippen molar-refractivity contribution < 1.29 is 66.5 Å². The van der Waals surface area contributed by atoms with Crippen LogP contribution in [0.1, 0.15) is 15.7 Å². The summed E-state index contributed by atoms with van der Waals surface area (Å²) in [7, 11) is -10.4. The maximum atomic E-state index is 12.1. The predicted octanol–water partition coefficient (Wildman–Crippen LogP) is -2.01. The van der Waals surface area contributed by atoms with Gasteiger partial charge in [-0.2, -0.15) is 8.88 Å². The van der Waals surface area contributed by atoms with Crippen molar-refractivity contribution in [1.82, 2.24) is 0 Å². The first-order chi connectivity index (χ1) is 15.8. The molecule has 190 valence electrons. The van der Waals surface area contributed by atoms with Crippen molar-refractivity contribution in [2.75, 3.05) is 19.8 Å². The van der Waals surface area contributed by atoms with Gasteiger partial charge in [0.05, 0.1) is 25.1 Å². The molecule has 2 fully saturated rings. The maximum Gasteiger partial charge on any atom is 0.481 e. The number of phosphoric ester groups is 2. The van der Waals surface area contributed by atoms with Gasteiger partial charge in [-0.1, -0.05) is 11.8 Å². The highest BCUT2D eigenvalue weighted by Crippen LogP contribution is 2.61. The number of phosphoric acid groups is 2. The second kappa shape index (κ2) is 10.8. The number of carbonyl (C=O) groups excluding carboxylic acids is 2. The Kier molecular flexibility index (Phi) is 8.67. The number of nitrogens with zero attached hydrogens (tertiary/aromatic N) is 1. The summed E-state index contributed by atoms with van der Waals surface area (Å²) in [6.07, 6.45) is -2.69. The summed E-state index contributed by atoms with van der Waals surface area (Å²) >= 11 is 0.944. The molecule has 2 aliphatic heterocycles. The standard InChI is InChI=1S/C16H22N2O13P2S/c17-15(23)8-2-1-3-18(4-8)16-14(22)13(21)11(34-16)7-30-33(26,27)31-32(24,25)29-6-10-12(20)9(19)5-28-10/h1-4,9-11,13-14,16,19,21-22H,5-7H2,(H3-,17,23,24,25,26,27)/p+1/t9-,10+,11+,13+,14+,16+/m0/s1. The molecule has 3 rings (SSSR count). The normalized spacial score (nSPS) is 32.9. The zero-order valence-corrected chi connectivity index (χ0v) is 19.8. The SMILES string of the molecule is NC(=O)c1ccc[n+]([C@@H]2S[C@H](COP(=O)(O)OP(=O)(O)OC[C@H]3OC[C@H](O)C3=O)[C@@H](O)[C@H]2O)c1. The smallest absolute Gasteiger partial charge is 0.389 e. The minimum Gasteiger partial charge on any atom is -0.389 e. The van der Waals surface area contributed by atoms with Crippen LogP contribution in [0.25, 0.3) is 0 Å². The van der Waals surface area contributed by atoms with Crippen molar-refractivity contribution in [1.29, 1.82) is 0 Å². The zero-order chi connectivity index (χ0) is 25.3. The highest BCUT2D eigenvalue weighted by Gasteiger charge is 2.49. The molecule has 7 N–H and O–H groups in total. The highest BCUT2D eigenvalue weighted by molar-refractivity contribution is 8.00. The van der Waals surface area contributed by atoms with Gasteiger partial charge in [-0.15, -0.1) is 0 Å². The number of primary amides is 1. The number of amides is 1. The third kappa shape index (κ3) is 6.69. The third-order valence-corrected chi connectivity index (χ3v) is 9.00. The Hall–Kier alpha value is -1.26. The lowest BCUT2D eigenvalue weighted by atomic mass is 10.1. The fourth-order valence-corrected chi connectivity index (χ4v) is 6.75. The van der Waals surface area contributed by atoms with Crippen LogP contribution in [0.15, 0.2) is 24.5 Å². The first kappa shape index (κ1) is 27.3. The number of aliphatic hydroxyl groups is 3. The molecule has 0 saturated carbocycles. The van der Waals surface area contributed by atoms with Gasteiger partial charge in [-0.25, -0.2) is 9.13 Å². The van der Waals surface area contributed by atoms with E-state index in [9.17, 15) is 43.8 Å². The Labute approximate surface area is 196 Å². The summed E-state index contributed by atoms with van der Waals surface area (Å²) < 4.78 is 43.6. The quantitative estimate of drug-likeness (QED) is 0.138. The van der Waals surface area contributed by atoms with Gasteiger partial charge in [-0.05, 0) is 6.07 Å². The average molecular weight is 545 g/mol. The Morgan fingerprint density at radius 3 is 2.41 bits per heavy atom. The Morgan fingerprint density at radius 1 is 1.18 bits per heavy atom. The first-order valence-electron chi connectivity index (χ1n) is 9.61. The number of rotatable bonds is 10. The van der Waals surface area contributed by atoms with Gasteiger partial charge in [0.1, 0.15) is 23.9 Å². The number of thioether (sulfide) groups is 1. The third-order valence-electron chi connectivity index (χ3n) is 4.84. The van der Waals surface area contributed by atoms with Crippen molar-refractivity contribution in [2.24, 2.45) is 5.73 Å². The number of pyridine rings is 1. The van der Waals surface area contributed by atoms with E-state index in [0.29, 0.717) is 0 Å². The Bertz CT molecular complexity index is 1030. The molecule has 2 saturated heterocycles. The molecular weight excluding hydrogens is 522 g/mol. The molecule has 0 aromatic carbocycles. The first-order valence-corrected chi connectivity index (χ1v) is 13.5. The molecule has 8 atom stereocenters. The molecule has 1 aromatic rings. The van der Waals surface area contributed by atoms with E-state index in [1.807, 2.05) is 0 Å². The molecule has 1 amide bonds. The molecule has 2 aliphatic rings. The van der Waals surface area contributed by atoms with Crippen molar-refractivity contribution in [2.45, 2.75) is 35.0 Å². The number of aromatic nitrogens is 1.